The van der Waals surface area contributed by atoms with Gasteiger partial charge in [-0.1, -0.05) is 19.3 Å². The van der Waals surface area contributed by atoms with Gasteiger partial charge in [-0.15, -0.1) is 0 Å². The molecule has 0 aromatic carbocycles. The number of nitrogens with one attached hydrogen (secondary N) is 2. The van der Waals surface area contributed by atoms with Gasteiger partial charge in [0.15, 0.2) is 0 Å². The third-order valence-corrected chi connectivity index (χ3v) is 7.20. The number of hydrogen-bond donors (Lipinski definition) is 2. The first kappa shape index (κ1) is 20.9. The van der Waals surface area contributed by atoms with Crippen molar-refractivity contribution < 1.29 is 9.53 Å². The number of nitrogens with zero attached hydrogens (tertiary/aromatic N) is 2. The number of carbonyl (C=O) groups excluding carboxylic acids is 1. The molecule has 1 aromatic rings. The molecular formula is C23H38N4O2. The maximum absolute atomic E-state index is 12.1. The smallest absolute Gasteiger partial charge is 0.220 e. The van der Waals surface area contributed by atoms with Crippen molar-refractivity contribution >= 4 is 5.91 Å². The second-order valence-corrected chi connectivity index (χ2v) is 9.34. The van der Waals surface area contributed by atoms with Crippen LogP contribution in [0.3, 0.4) is 0 Å². The van der Waals surface area contributed by atoms with Gasteiger partial charge in [-0.25, -0.2) is 0 Å². The Morgan fingerprint density at radius 1 is 1.14 bits per heavy atom. The number of likely N-dealkylation sites (tertiary alicyclic amines) is 1. The summed E-state index contributed by atoms with van der Waals surface area (Å²) >= 11 is 0. The van der Waals surface area contributed by atoms with Gasteiger partial charge in [-0.3, -0.25) is 14.8 Å². The van der Waals surface area contributed by atoms with Gasteiger partial charge < -0.3 is 10.1 Å². The standard InChI is InChI=1S/C23H38N4O2/c28-22(24-16-21-7-4-14-29-21)9-8-18-10-12-27(13-11-18)17-20-15-25-26-23(20)19-5-2-1-3-6-19/h15,18-19,21H,1-14,16-17H2,(H,24,28)(H,25,26)/t21-/m0/s1. The molecule has 3 aliphatic rings. The van der Waals surface area contributed by atoms with Crippen LogP contribution in [0.15, 0.2) is 6.20 Å². The fourth-order valence-corrected chi connectivity index (χ4v) is 5.32. The predicted molar refractivity (Wildman–Crippen MR) is 114 cm³/mol. The summed E-state index contributed by atoms with van der Waals surface area (Å²) in [4.78, 5) is 14.7. The summed E-state index contributed by atoms with van der Waals surface area (Å²) in [5, 5.41) is 10.7. The first-order chi connectivity index (χ1) is 14.3. The second kappa shape index (κ2) is 10.6. The van der Waals surface area contributed by atoms with Gasteiger partial charge in [0.1, 0.15) is 0 Å². The average molecular weight is 403 g/mol. The first-order valence-electron chi connectivity index (χ1n) is 11.9. The Morgan fingerprint density at radius 2 is 1.97 bits per heavy atom. The van der Waals surface area contributed by atoms with E-state index in [9.17, 15) is 4.79 Å². The lowest BCUT2D eigenvalue weighted by molar-refractivity contribution is -0.122. The number of aromatic nitrogens is 2. The maximum Gasteiger partial charge on any atom is 0.220 e. The summed E-state index contributed by atoms with van der Waals surface area (Å²) in [6, 6.07) is 0. The van der Waals surface area contributed by atoms with Crippen LogP contribution in [0.2, 0.25) is 0 Å². The van der Waals surface area contributed by atoms with Crippen LogP contribution in [0.4, 0.5) is 0 Å². The molecular weight excluding hydrogens is 364 g/mol. The monoisotopic (exact) mass is 402 g/mol. The minimum atomic E-state index is 0.193. The summed E-state index contributed by atoms with van der Waals surface area (Å²) in [5.41, 5.74) is 2.80. The van der Waals surface area contributed by atoms with Crippen LogP contribution in [0, 0.1) is 5.92 Å². The number of rotatable bonds is 8. The molecule has 1 aromatic heterocycles. The Labute approximate surface area is 175 Å². The molecule has 2 N–H and O–H groups in total. The number of carbonyl (C=O) groups is 1. The zero-order valence-corrected chi connectivity index (χ0v) is 17.8. The van der Waals surface area contributed by atoms with E-state index >= 15 is 0 Å². The molecule has 6 nitrogen and oxygen atoms in total. The number of aromatic amines is 1. The fraction of sp³-hybridized carbons (Fsp3) is 0.826. The van der Waals surface area contributed by atoms with Crippen molar-refractivity contribution in [2.75, 3.05) is 26.2 Å². The van der Waals surface area contributed by atoms with E-state index in [1.165, 1.54) is 56.2 Å². The third kappa shape index (κ3) is 6.05. The van der Waals surface area contributed by atoms with E-state index in [0.717, 1.165) is 45.5 Å². The van der Waals surface area contributed by atoms with E-state index in [-0.39, 0.29) is 12.0 Å². The zero-order chi connectivity index (χ0) is 19.9. The molecule has 0 spiro atoms. The van der Waals surface area contributed by atoms with Crippen LogP contribution in [-0.4, -0.2) is 53.3 Å². The number of amides is 1. The van der Waals surface area contributed by atoms with Gasteiger partial charge in [0.05, 0.1) is 12.3 Å². The van der Waals surface area contributed by atoms with E-state index < -0.39 is 0 Å². The van der Waals surface area contributed by atoms with Crippen molar-refractivity contribution in [3.63, 3.8) is 0 Å². The number of ether oxygens (including phenoxy) is 1. The van der Waals surface area contributed by atoms with Crippen LogP contribution in [0.25, 0.3) is 0 Å². The largest absolute Gasteiger partial charge is 0.376 e. The quantitative estimate of drug-likeness (QED) is 0.695. The average Bonchev–Trinajstić information content (AvgIpc) is 3.44. The van der Waals surface area contributed by atoms with Crippen molar-refractivity contribution in [1.29, 1.82) is 0 Å². The minimum absolute atomic E-state index is 0.193. The van der Waals surface area contributed by atoms with Gasteiger partial charge in [0.25, 0.3) is 0 Å². The van der Waals surface area contributed by atoms with Crippen LogP contribution in [0.5, 0.6) is 0 Å². The maximum atomic E-state index is 12.1. The van der Waals surface area contributed by atoms with Crippen molar-refractivity contribution in [3.8, 4) is 0 Å². The summed E-state index contributed by atoms with van der Waals surface area (Å²) < 4.78 is 5.57. The Hall–Kier alpha value is -1.40. The fourth-order valence-electron chi connectivity index (χ4n) is 5.32. The molecule has 0 radical (unpaired) electrons. The van der Waals surface area contributed by atoms with Gasteiger partial charge in [0.2, 0.25) is 5.91 Å². The van der Waals surface area contributed by atoms with Crippen LogP contribution < -0.4 is 5.32 Å². The highest BCUT2D eigenvalue weighted by Crippen LogP contribution is 2.34. The summed E-state index contributed by atoms with van der Waals surface area (Å²) in [6.45, 7) is 4.83. The molecule has 3 fully saturated rings. The highest BCUT2D eigenvalue weighted by atomic mass is 16.5. The second-order valence-electron chi connectivity index (χ2n) is 9.34. The molecule has 162 valence electrons. The number of piperidine rings is 1. The lowest BCUT2D eigenvalue weighted by Crippen LogP contribution is -2.35. The van der Waals surface area contributed by atoms with Crippen LogP contribution >= 0.6 is 0 Å². The molecule has 0 unspecified atom stereocenters. The topological polar surface area (TPSA) is 70.2 Å². The van der Waals surface area contributed by atoms with Crippen molar-refractivity contribution in [2.24, 2.45) is 5.92 Å². The summed E-state index contributed by atoms with van der Waals surface area (Å²) in [6.07, 6.45) is 15.3. The number of hydrogen-bond acceptors (Lipinski definition) is 4. The molecule has 4 rings (SSSR count). The van der Waals surface area contributed by atoms with Crippen molar-refractivity contribution in [2.45, 2.75) is 89.2 Å². The van der Waals surface area contributed by atoms with Crippen LogP contribution in [0.1, 0.15) is 87.8 Å². The molecule has 29 heavy (non-hydrogen) atoms. The Bertz CT molecular complexity index is 627. The van der Waals surface area contributed by atoms with E-state index in [4.69, 9.17) is 4.74 Å². The van der Waals surface area contributed by atoms with E-state index in [1.54, 1.807) is 0 Å². The molecule has 1 amide bonds. The Morgan fingerprint density at radius 3 is 2.72 bits per heavy atom. The van der Waals surface area contributed by atoms with E-state index in [0.29, 0.717) is 24.8 Å². The van der Waals surface area contributed by atoms with Gasteiger partial charge >= 0.3 is 0 Å². The van der Waals surface area contributed by atoms with Gasteiger partial charge in [-0.2, -0.15) is 5.10 Å². The summed E-state index contributed by atoms with van der Waals surface area (Å²) in [7, 11) is 0. The van der Waals surface area contributed by atoms with Crippen molar-refractivity contribution in [3.05, 3.63) is 17.5 Å². The molecule has 0 bridgehead atoms. The van der Waals surface area contributed by atoms with E-state index in [2.05, 4.69) is 26.6 Å². The first-order valence-corrected chi connectivity index (χ1v) is 11.9. The van der Waals surface area contributed by atoms with Crippen molar-refractivity contribution in [1.82, 2.24) is 20.4 Å². The lowest BCUT2D eigenvalue weighted by Gasteiger charge is -2.32. The Kier molecular flexibility index (Phi) is 7.61. The van der Waals surface area contributed by atoms with Gasteiger partial charge in [-0.05, 0) is 64.0 Å². The lowest BCUT2D eigenvalue weighted by atomic mass is 9.85. The van der Waals surface area contributed by atoms with Crippen LogP contribution in [-0.2, 0) is 16.1 Å². The molecule has 1 atom stereocenters. The molecule has 1 aliphatic carbocycles. The normalized spacial score (nSPS) is 24.8. The summed E-state index contributed by atoms with van der Waals surface area (Å²) in [5.74, 6) is 1.56. The third-order valence-electron chi connectivity index (χ3n) is 7.20. The highest BCUT2D eigenvalue weighted by Gasteiger charge is 2.24. The van der Waals surface area contributed by atoms with E-state index in [1.807, 2.05) is 0 Å². The number of H-pyrrole nitrogens is 1. The highest BCUT2D eigenvalue weighted by molar-refractivity contribution is 5.75. The molecule has 2 aliphatic heterocycles. The SMILES string of the molecule is O=C(CCC1CCN(Cc2cn[nH]c2C2CCCCC2)CC1)NC[C@@H]1CCCO1. The minimum Gasteiger partial charge on any atom is -0.376 e. The van der Waals surface area contributed by atoms with Gasteiger partial charge in [0, 0.05) is 43.3 Å². The zero-order valence-electron chi connectivity index (χ0n) is 17.8. The molecule has 3 heterocycles. The Balaban J connectivity index is 1.14. The molecule has 1 saturated carbocycles. The molecule has 6 heteroatoms. The predicted octanol–water partition coefficient (Wildman–Crippen LogP) is 3.74. The molecule has 2 saturated heterocycles.